The standard InChI is InChI=1S/C25H26N6O2/c26-24(27)18-7-6-8-20(17-18)29-31(22-9-2-1-3-10-22)25(33)28-19-12-14-21(15-13-19)30-16-5-4-11-23(30)32/h1-3,6-10,12-15,17,29H,4-5,11,16H2,(H3,26,27)(H,28,33). The Morgan fingerprint density at radius 3 is 2.39 bits per heavy atom. The molecule has 0 atom stereocenters. The van der Waals surface area contributed by atoms with Gasteiger partial charge in [-0.15, -0.1) is 0 Å². The maximum Gasteiger partial charge on any atom is 0.345 e. The summed E-state index contributed by atoms with van der Waals surface area (Å²) in [6, 6.07) is 23.0. The van der Waals surface area contributed by atoms with Crippen molar-refractivity contribution in [2.45, 2.75) is 19.3 Å². The fraction of sp³-hybridized carbons (Fsp3) is 0.160. The molecule has 8 heteroatoms. The molecule has 1 aliphatic rings. The predicted molar refractivity (Wildman–Crippen MR) is 132 cm³/mol. The number of hydrazine groups is 1. The van der Waals surface area contributed by atoms with E-state index in [0.29, 0.717) is 29.0 Å². The molecule has 1 fully saturated rings. The number of hydrogen-bond acceptors (Lipinski definition) is 4. The van der Waals surface area contributed by atoms with Crippen LogP contribution in [0.4, 0.5) is 27.5 Å². The number of nitrogen functional groups attached to an aromatic ring is 1. The lowest BCUT2D eigenvalue weighted by molar-refractivity contribution is -0.119. The van der Waals surface area contributed by atoms with Crippen molar-refractivity contribution in [2.24, 2.45) is 5.73 Å². The van der Waals surface area contributed by atoms with Gasteiger partial charge in [-0.1, -0.05) is 30.3 Å². The molecule has 3 aromatic rings. The van der Waals surface area contributed by atoms with Crippen molar-refractivity contribution in [3.8, 4) is 0 Å². The van der Waals surface area contributed by atoms with Crippen molar-refractivity contribution < 1.29 is 9.59 Å². The van der Waals surface area contributed by atoms with Crippen LogP contribution in [0.1, 0.15) is 24.8 Å². The Labute approximate surface area is 192 Å². The molecule has 0 bridgehead atoms. The number of carbonyl (C=O) groups is 2. The third-order valence-electron chi connectivity index (χ3n) is 5.39. The summed E-state index contributed by atoms with van der Waals surface area (Å²) in [4.78, 5) is 27.1. The summed E-state index contributed by atoms with van der Waals surface area (Å²) >= 11 is 0. The van der Waals surface area contributed by atoms with Gasteiger partial charge in [0, 0.05) is 29.9 Å². The van der Waals surface area contributed by atoms with E-state index in [4.69, 9.17) is 11.1 Å². The van der Waals surface area contributed by atoms with E-state index in [2.05, 4.69) is 10.7 Å². The Bertz CT molecular complexity index is 1150. The molecular formula is C25H26N6O2. The smallest absolute Gasteiger partial charge is 0.345 e. The molecule has 0 saturated carbocycles. The molecule has 0 aromatic heterocycles. The number of nitrogens with zero attached hydrogens (tertiary/aromatic N) is 2. The van der Waals surface area contributed by atoms with E-state index in [0.717, 1.165) is 25.1 Å². The minimum absolute atomic E-state index is 0.0540. The van der Waals surface area contributed by atoms with Crippen LogP contribution in [0.2, 0.25) is 0 Å². The van der Waals surface area contributed by atoms with Crippen LogP contribution in [0, 0.1) is 5.41 Å². The van der Waals surface area contributed by atoms with Crippen molar-refractivity contribution in [2.75, 3.05) is 27.2 Å². The molecule has 1 heterocycles. The van der Waals surface area contributed by atoms with Gasteiger partial charge in [0.05, 0.1) is 11.4 Å². The summed E-state index contributed by atoms with van der Waals surface area (Å²) in [5.74, 6) is 0.0759. The Hall–Kier alpha value is -4.33. The molecular weight excluding hydrogens is 416 g/mol. The first-order valence-electron chi connectivity index (χ1n) is 10.8. The first kappa shape index (κ1) is 21.9. The SMILES string of the molecule is N=C(N)c1cccc(NN(C(=O)Nc2ccc(N3CCCCC3=O)cc2)c2ccccc2)c1. The van der Waals surface area contributed by atoms with Crippen LogP contribution in [-0.4, -0.2) is 24.3 Å². The van der Waals surface area contributed by atoms with Crippen molar-refractivity contribution in [1.82, 2.24) is 0 Å². The van der Waals surface area contributed by atoms with Gasteiger partial charge in [0.1, 0.15) is 5.84 Å². The summed E-state index contributed by atoms with van der Waals surface area (Å²) in [5, 5.41) is 11.9. The summed E-state index contributed by atoms with van der Waals surface area (Å²) in [6.45, 7) is 0.718. The molecule has 1 saturated heterocycles. The van der Waals surface area contributed by atoms with Gasteiger partial charge >= 0.3 is 6.03 Å². The minimum Gasteiger partial charge on any atom is -0.384 e. The summed E-state index contributed by atoms with van der Waals surface area (Å²) in [7, 11) is 0. The quantitative estimate of drug-likeness (QED) is 0.255. The number of urea groups is 1. The maximum atomic E-state index is 13.2. The number of para-hydroxylation sites is 1. The second-order valence-corrected chi connectivity index (χ2v) is 7.76. The molecule has 168 valence electrons. The number of benzene rings is 3. The zero-order valence-electron chi connectivity index (χ0n) is 18.1. The average molecular weight is 443 g/mol. The van der Waals surface area contributed by atoms with E-state index in [9.17, 15) is 9.59 Å². The molecule has 4 rings (SSSR count). The van der Waals surface area contributed by atoms with E-state index in [-0.39, 0.29) is 11.7 Å². The molecule has 1 aliphatic heterocycles. The second kappa shape index (κ2) is 9.86. The number of nitrogens with one attached hydrogen (secondary N) is 3. The van der Waals surface area contributed by atoms with Gasteiger partial charge in [-0.2, -0.15) is 0 Å². The highest BCUT2D eigenvalue weighted by molar-refractivity contribution is 6.03. The highest BCUT2D eigenvalue weighted by Crippen LogP contribution is 2.24. The number of nitrogens with two attached hydrogens (primary N) is 1. The lowest BCUT2D eigenvalue weighted by Gasteiger charge is -2.27. The second-order valence-electron chi connectivity index (χ2n) is 7.76. The fourth-order valence-corrected chi connectivity index (χ4v) is 3.68. The monoisotopic (exact) mass is 442 g/mol. The van der Waals surface area contributed by atoms with Crippen LogP contribution >= 0.6 is 0 Å². The summed E-state index contributed by atoms with van der Waals surface area (Å²) < 4.78 is 0. The number of anilines is 4. The van der Waals surface area contributed by atoms with Gasteiger partial charge < -0.3 is 16.0 Å². The van der Waals surface area contributed by atoms with Crippen molar-refractivity contribution in [3.05, 3.63) is 84.4 Å². The van der Waals surface area contributed by atoms with Gasteiger partial charge in [0.15, 0.2) is 0 Å². The molecule has 8 nitrogen and oxygen atoms in total. The van der Waals surface area contributed by atoms with E-state index < -0.39 is 6.03 Å². The van der Waals surface area contributed by atoms with E-state index in [1.54, 1.807) is 41.3 Å². The highest BCUT2D eigenvalue weighted by atomic mass is 16.2. The van der Waals surface area contributed by atoms with Crippen LogP contribution in [0.5, 0.6) is 0 Å². The Balaban J connectivity index is 1.52. The van der Waals surface area contributed by atoms with Gasteiger partial charge in [0.2, 0.25) is 5.91 Å². The number of carbonyl (C=O) groups excluding carboxylic acids is 2. The first-order valence-corrected chi connectivity index (χ1v) is 10.8. The maximum absolute atomic E-state index is 13.2. The van der Waals surface area contributed by atoms with Crippen molar-refractivity contribution in [3.63, 3.8) is 0 Å². The molecule has 0 radical (unpaired) electrons. The molecule has 0 unspecified atom stereocenters. The zero-order valence-corrected chi connectivity index (χ0v) is 18.1. The predicted octanol–water partition coefficient (Wildman–Crippen LogP) is 4.55. The number of rotatable bonds is 6. The Morgan fingerprint density at radius 1 is 0.939 bits per heavy atom. The Morgan fingerprint density at radius 2 is 1.70 bits per heavy atom. The van der Waals surface area contributed by atoms with Crippen molar-refractivity contribution >= 4 is 40.5 Å². The minimum atomic E-state index is -0.392. The van der Waals surface area contributed by atoms with E-state index in [1.165, 1.54) is 5.01 Å². The summed E-state index contributed by atoms with van der Waals surface area (Å²) in [6.07, 6.45) is 2.49. The largest absolute Gasteiger partial charge is 0.384 e. The van der Waals surface area contributed by atoms with Gasteiger partial charge in [0.25, 0.3) is 0 Å². The van der Waals surface area contributed by atoms with E-state index >= 15 is 0 Å². The van der Waals surface area contributed by atoms with E-state index in [1.807, 2.05) is 42.5 Å². The zero-order chi connectivity index (χ0) is 23.2. The third-order valence-corrected chi connectivity index (χ3v) is 5.39. The van der Waals surface area contributed by atoms with Crippen LogP contribution < -0.4 is 26.4 Å². The van der Waals surface area contributed by atoms with Gasteiger partial charge in [-0.25, -0.2) is 9.80 Å². The first-order chi connectivity index (χ1) is 16.0. The molecule has 3 aromatic carbocycles. The fourth-order valence-electron chi connectivity index (χ4n) is 3.68. The van der Waals surface area contributed by atoms with Crippen LogP contribution in [-0.2, 0) is 4.79 Å². The van der Waals surface area contributed by atoms with Gasteiger partial charge in [-0.05, 0) is 61.4 Å². The summed E-state index contributed by atoms with van der Waals surface area (Å²) in [5.41, 5.74) is 11.9. The average Bonchev–Trinajstić information content (AvgIpc) is 2.84. The van der Waals surface area contributed by atoms with Gasteiger partial charge in [-0.3, -0.25) is 15.6 Å². The number of piperidine rings is 1. The van der Waals surface area contributed by atoms with Crippen LogP contribution in [0.15, 0.2) is 78.9 Å². The number of amides is 3. The topological polar surface area (TPSA) is 115 Å². The normalized spacial score (nSPS) is 13.3. The molecule has 33 heavy (non-hydrogen) atoms. The lowest BCUT2D eigenvalue weighted by Crippen LogP contribution is -2.39. The molecule has 3 amide bonds. The number of hydrogen-bond donors (Lipinski definition) is 4. The molecule has 0 spiro atoms. The molecule has 0 aliphatic carbocycles. The third kappa shape index (κ3) is 5.30. The Kier molecular flexibility index (Phi) is 6.54. The number of amidine groups is 1. The van der Waals surface area contributed by atoms with Crippen LogP contribution in [0.3, 0.4) is 0 Å². The highest BCUT2D eigenvalue weighted by Gasteiger charge is 2.20. The van der Waals surface area contributed by atoms with Crippen molar-refractivity contribution in [1.29, 1.82) is 5.41 Å². The van der Waals surface area contributed by atoms with Crippen LogP contribution in [0.25, 0.3) is 0 Å². The lowest BCUT2D eigenvalue weighted by atomic mass is 10.1. The molecule has 5 N–H and O–H groups in total.